The van der Waals surface area contributed by atoms with Crippen molar-refractivity contribution >= 4 is 34.6 Å². The zero-order valence-corrected chi connectivity index (χ0v) is 14.2. The third-order valence-corrected chi connectivity index (χ3v) is 3.84. The van der Waals surface area contributed by atoms with E-state index in [0.717, 1.165) is 12.1 Å². The molecule has 3 nitrogen and oxygen atoms in total. The lowest BCUT2D eigenvalue weighted by Crippen LogP contribution is -2.32. The van der Waals surface area contributed by atoms with Crippen molar-refractivity contribution in [1.82, 2.24) is 5.32 Å². The quantitative estimate of drug-likeness (QED) is 0.770. The fraction of sp³-hybridized carbons (Fsp3) is 0.235. The van der Waals surface area contributed by atoms with Crippen molar-refractivity contribution in [1.29, 1.82) is 0 Å². The van der Waals surface area contributed by atoms with Crippen molar-refractivity contribution in [2.24, 2.45) is 0 Å². The molecule has 2 aromatic rings. The Hall–Kier alpha value is -1.78. The number of methoxy groups -OCH3 is 1. The van der Waals surface area contributed by atoms with Gasteiger partial charge in [0.25, 0.3) is 0 Å². The lowest BCUT2D eigenvalue weighted by molar-refractivity contribution is 0.415. The molecule has 2 aromatic carbocycles. The van der Waals surface area contributed by atoms with Crippen LogP contribution in [0.25, 0.3) is 0 Å². The highest BCUT2D eigenvalue weighted by Crippen LogP contribution is 2.27. The Bertz CT molecular complexity index is 634. The lowest BCUT2D eigenvalue weighted by Gasteiger charge is -2.20. The summed E-state index contributed by atoms with van der Waals surface area (Å²) in [6, 6.07) is 15.9. The number of hydrogen-bond acceptors (Lipinski definition) is 2. The highest BCUT2D eigenvalue weighted by Gasteiger charge is 2.10. The third kappa shape index (κ3) is 4.36. The van der Waals surface area contributed by atoms with Crippen LogP contribution in [-0.2, 0) is 0 Å². The molecule has 0 amide bonds. The molecule has 0 bridgehead atoms. The highest BCUT2D eigenvalue weighted by atomic mass is 35.5. The fourth-order valence-corrected chi connectivity index (χ4v) is 2.69. The van der Waals surface area contributed by atoms with Gasteiger partial charge in [-0.2, -0.15) is 0 Å². The SMILES string of the molecule is CC[C@@H](NC(=S)Nc1ccc(OC)c(Cl)c1)c1ccccc1. The second-order valence-corrected chi connectivity index (χ2v) is 5.63. The van der Waals surface area contributed by atoms with E-state index in [9.17, 15) is 0 Å². The van der Waals surface area contributed by atoms with Crippen LogP contribution in [0.2, 0.25) is 5.02 Å². The van der Waals surface area contributed by atoms with Gasteiger partial charge in [-0.1, -0.05) is 48.9 Å². The van der Waals surface area contributed by atoms with E-state index in [4.69, 9.17) is 28.6 Å². The van der Waals surface area contributed by atoms with E-state index < -0.39 is 0 Å². The largest absolute Gasteiger partial charge is 0.495 e. The minimum atomic E-state index is 0.176. The second-order valence-electron chi connectivity index (χ2n) is 4.82. The summed E-state index contributed by atoms with van der Waals surface area (Å²) in [6.07, 6.45) is 0.940. The summed E-state index contributed by atoms with van der Waals surface area (Å²) in [7, 11) is 1.59. The number of rotatable bonds is 5. The van der Waals surface area contributed by atoms with Gasteiger partial charge in [0.1, 0.15) is 5.75 Å². The van der Waals surface area contributed by atoms with Crippen LogP contribution in [0.4, 0.5) is 5.69 Å². The van der Waals surface area contributed by atoms with Gasteiger partial charge in [0, 0.05) is 5.69 Å². The number of hydrogen-bond donors (Lipinski definition) is 2. The van der Waals surface area contributed by atoms with Crippen LogP contribution < -0.4 is 15.4 Å². The van der Waals surface area contributed by atoms with Gasteiger partial charge >= 0.3 is 0 Å². The first-order valence-electron chi connectivity index (χ1n) is 7.10. The molecule has 0 aliphatic heterocycles. The van der Waals surface area contributed by atoms with Crippen molar-refractivity contribution in [3.63, 3.8) is 0 Å². The number of halogens is 1. The number of nitrogens with one attached hydrogen (secondary N) is 2. The first-order valence-corrected chi connectivity index (χ1v) is 7.88. The molecular formula is C17H19ClN2OS. The smallest absolute Gasteiger partial charge is 0.171 e. The average Bonchev–Trinajstić information content (AvgIpc) is 2.53. The van der Waals surface area contributed by atoms with Crippen LogP contribution in [0.15, 0.2) is 48.5 Å². The van der Waals surface area contributed by atoms with E-state index in [1.807, 2.05) is 30.3 Å². The van der Waals surface area contributed by atoms with E-state index in [1.165, 1.54) is 5.56 Å². The summed E-state index contributed by atoms with van der Waals surface area (Å²) in [5.41, 5.74) is 2.04. The van der Waals surface area contributed by atoms with E-state index in [1.54, 1.807) is 13.2 Å². The molecule has 0 unspecified atom stereocenters. The molecule has 0 aromatic heterocycles. The maximum Gasteiger partial charge on any atom is 0.171 e. The fourth-order valence-electron chi connectivity index (χ4n) is 2.18. The van der Waals surface area contributed by atoms with Gasteiger partial charge in [0.15, 0.2) is 5.11 Å². The van der Waals surface area contributed by atoms with Crippen LogP contribution in [0.1, 0.15) is 24.9 Å². The Kier molecular flexibility index (Phi) is 6.04. The maximum absolute atomic E-state index is 6.11. The van der Waals surface area contributed by atoms with Crippen LogP contribution in [0.3, 0.4) is 0 Å². The molecule has 0 saturated heterocycles. The molecule has 0 saturated carbocycles. The highest BCUT2D eigenvalue weighted by molar-refractivity contribution is 7.80. The van der Waals surface area contributed by atoms with E-state index in [2.05, 4.69) is 29.7 Å². The minimum absolute atomic E-state index is 0.176. The monoisotopic (exact) mass is 334 g/mol. The molecular weight excluding hydrogens is 316 g/mol. The number of thiocarbonyl (C=S) groups is 1. The minimum Gasteiger partial charge on any atom is -0.495 e. The Morgan fingerprint density at radius 3 is 2.55 bits per heavy atom. The van der Waals surface area contributed by atoms with Gasteiger partial charge in [0.2, 0.25) is 0 Å². The Labute approximate surface area is 141 Å². The summed E-state index contributed by atoms with van der Waals surface area (Å²) >= 11 is 11.5. The maximum atomic E-state index is 6.11. The van der Waals surface area contributed by atoms with Crippen molar-refractivity contribution in [3.05, 3.63) is 59.1 Å². The van der Waals surface area contributed by atoms with Crippen LogP contribution in [0, 0.1) is 0 Å². The molecule has 0 aliphatic rings. The zero-order chi connectivity index (χ0) is 15.9. The first kappa shape index (κ1) is 16.6. The van der Waals surface area contributed by atoms with Gasteiger partial charge in [0.05, 0.1) is 18.2 Å². The third-order valence-electron chi connectivity index (χ3n) is 3.33. The topological polar surface area (TPSA) is 33.3 Å². The summed E-state index contributed by atoms with van der Waals surface area (Å²) in [6.45, 7) is 2.12. The molecule has 0 radical (unpaired) electrons. The van der Waals surface area contributed by atoms with Crippen molar-refractivity contribution in [2.75, 3.05) is 12.4 Å². The van der Waals surface area contributed by atoms with Crippen molar-refractivity contribution in [2.45, 2.75) is 19.4 Å². The molecule has 0 spiro atoms. The molecule has 116 valence electrons. The van der Waals surface area contributed by atoms with Crippen LogP contribution in [0.5, 0.6) is 5.75 Å². The van der Waals surface area contributed by atoms with Crippen molar-refractivity contribution < 1.29 is 4.74 Å². The van der Waals surface area contributed by atoms with E-state index in [-0.39, 0.29) is 6.04 Å². The van der Waals surface area contributed by atoms with Gasteiger partial charge in [-0.05, 0) is 42.4 Å². The average molecular weight is 335 g/mol. The van der Waals surface area contributed by atoms with E-state index >= 15 is 0 Å². The first-order chi connectivity index (χ1) is 10.6. The zero-order valence-electron chi connectivity index (χ0n) is 12.6. The Balaban J connectivity index is 2.01. The molecule has 0 heterocycles. The summed E-state index contributed by atoms with van der Waals surface area (Å²) in [5, 5.41) is 7.59. The number of anilines is 1. The van der Waals surface area contributed by atoms with E-state index in [0.29, 0.717) is 15.9 Å². The standard InChI is InChI=1S/C17H19ClN2OS/c1-3-15(12-7-5-4-6-8-12)20-17(22)19-13-9-10-16(21-2)14(18)11-13/h4-11,15H,3H2,1-2H3,(H2,19,20,22)/t15-/m1/s1. The number of benzene rings is 2. The lowest BCUT2D eigenvalue weighted by atomic mass is 10.1. The predicted molar refractivity (Wildman–Crippen MR) is 96.8 cm³/mol. The van der Waals surface area contributed by atoms with Gasteiger partial charge in [-0.15, -0.1) is 0 Å². The predicted octanol–water partition coefficient (Wildman–Crippen LogP) is 4.79. The molecule has 1 atom stereocenters. The summed E-state index contributed by atoms with van der Waals surface area (Å²) < 4.78 is 5.14. The molecule has 5 heteroatoms. The Morgan fingerprint density at radius 2 is 1.95 bits per heavy atom. The number of ether oxygens (including phenoxy) is 1. The second kappa shape index (κ2) is 8.01. The van der Waals surface area contributed by atoms with Crippen LogP contribution in [-0.4, -0.2) is 12.2 Å². The molecule has 0 aliphatic carbocycles. The summed E-state index contributed by atoms with van der Waals surface area (Å²) in [4.78, 5) is 0. The molecule has 22 heavy (non-hydrogen) atoms. The molecule has 0 fully saturated rings. The normalized spacial score (nSPS) is 11.6. The Morgan fingerprint density at radius 1 is 1.23 bits per heavy atom. The van der Waals surface area contributed by atoms with Crippen LogP contribution >= 0.6 is 23.8 Å². The summed E-state index contributed by atoms with van der Waals surface area (Å²) in [5.74, 6) is 0.641. The van der Waals surface area contributed by atoms with Crippen molar-refractivity contribution in [3.8, 4) is 5.75 Å². The molecule has 2 N–H and O–H groups in total. The van der Waals surface area contributed by atoms with Gasteiger partial charge in [-0.25, -0.2) is 0 Å². The van der Waals surface area contributed by atoms with Gasteiger partial charge < -0.3 is 15.4 Å². The van der Waals surface area contributed by atoms with Gasteiger partial charge in [-0.3, -0.25) is 0 Å². The molecule has 2 rings (SSSR count).